The zero-order valence-electron chi connectivity index (χ0n) is 26.8. The van der Waals surface area contributed by atoms with Crippen LogP contribution in [0.3, 0.4) is 0 Å². The van der Waals surface area contributed by atoms with Gasteiger partial charge >= 0.3 is 5.97 Å². The van der Waals surface area contributed by atoms with Gasteiger partial charge in [-0.15, -0.1) is 0 Å². The second-order valence-corrected chi connectivity index (χ2v) is 11.6. The fourth-order valence-corrected chi connectivity index (χ4v) is 5.44. The second kappa shape index (κ2) is 16.1. The van der Waals surface area contributed by atoms with Crippen LogP contribution in [0.4, 0.5) is 4.39 Å². The van der Waals surface area contributed by atoms with E-state index in [-0.39, 0.29) is 36.3 Å². The van der Waals surface area contributed by atoms with Crippen molar-refractivity contribution in [3.8, 4) is 22.9 Å². The van der Waals surface area contributed by atoms with Gasteiger partial charge in [0.2, 0.25) is 0 Å². The van der Waals surface area contributed by atoms with Gasteiger partial charge < -0.3 is 19.8 Å². The Kier molecular flexibility index (Phi) is 11.5. The topological polar surface area (TPSA) is 117 Å². The molecule has 10 nitrogen and oxygen atoms in total. The van der Waals surface area contributed by atoms with E-state index in [9.17, 15) is 18.8 Å². The van der Waals surface area contributed by atoms with Crippen molar-refractivity contribution in [2.45, 2.75) is 26.7 Å². The number of rotatable bonds is 14. The number of Topliss-reactive ketones (excluding diaryl/α,β-unsaturated/α-hetero) is 1. The molecule has 1 amide bonds. The van der Waals surface area contributed by atoms with Crippen LogP contribution in [0, 0.1) is 12.7 Å². The van der Waals surface area contributed by atoms with E-state index in [1.54, 1.807) is 61.8 Å². The van der Waals surface area contributed by atoms with E-state index in [1.807, 2.05) is 19.1 Å². The highest BCUT2D eigenvalue weighted by Crippen LogP contribution is 2.26. The maximum absolute atomic E-state index is 14.1. The van der Waals surface area contributed by atoms with Crippen molar-refractivity contribution in [1.82, 2.24) is 25.1 Å². The van der Waals surface area contributed by atoms with Gasteiger partial charge in [0.25, 0.3) is 5.91 Å². The normalized spacial score (nSPS) is 13.7. The molecule has 1 saturated heterocycles. The number of halogens is 1. The van der Waals surface area contributed by atoms with Gasteiger partial charge in [-0.2, -0.15) is 0 Å². The van der Waals surface area contributed by atoms with Gasteiger partial charge in [0.1, 0.15) is 23.1 Å². The summed E-state index contributed by atoms with van der Waals surface area (Å²) in [4.78, 5) is 49.0. The molecular weight excluding hydrogens is 601 g/mol. The van der Waals surface area contributed by atoms with Crippen LogP contribution in [0.5, 0.6) is 11.5 Å². The molecule has 11 heteroatoms. The van der Waals surface area contributed by atoms with Crippen molar-refractivity contribution in [3.63, 3.8) is 0 Å². The average molecular weight is 642 g/mol. The summed E-state index contributed by atoms with van der Waals surface area (Å²) in [5.41, 5.74) is 3.94. The third kappa shape index (κ3) is 9.81. The summed E-state index contributed by atoms with van der Waals surface area (Å²) in [6, 6.07) is 17.3. The summed E-state index contributed by atoms with van der Waals surface area (Å²) in [6.07, 6.45) is 3.54. The molecule has 246 valence electrons. The number of aryl methyl sites for hydroxylation is 1. The Hall–Kier alpha value is -4.87. The predicted molar refractivity (Wildman–Crippen MR) is 176 cm³/mol. The molecule has 1 fully saturated rings. The van der Waals surface area contributed by atoms with E-state index in [0.29, 0.717) is 53.7 Å². The lowest BCUT2D eigenvalue weighted by Gasteiger charge is -2.34. The fourth-order valence-electron chi connectivity index (χ4n) is 5.44. The Morgan fingerprint density at radius 1 is 0.936 bits per heavy atom. The summed E-state index contributed by atoms with van der Waals surface area (Å²) in [5, 5.41) is 2.98. The molecule has 47 heavy (non-hydrogen) atoms. The number of pyridine rings is 1. The standard InChI is InChI=1S/C36H40FN5O5/c1-3-46-35(44)24-42-16-14-41(15-17-42)13-12-39-36(45)28-21-33(40-23-28)34-22-31(10-11-38-34)47-30-7-5-26(6-8-30)19-29(43)20-27-18-25(2)4-9-32(27)37/h4-11,18,21-23,40H,3,12-17,19-20,24H2,1-2H3,(H,39,45). The number of amides is 1. The van der Waals surface area contributed by atoms with Crippen molar-refractivity contribution >= 4 is 17.7 Å². The van der Waals surface area contributed by atoms with Crippen molar-refractivity contribution in [1.29, 1.82) is 0 Å². The van der Waals surface area contributed by atoms with Gasteiger partial charge in [-0.25, -0.2) is 4.39 Å². The monoisotopic (exact) mass is 641 g/mol. The lowest BCUT2D eigenvalue weighted by atomic mass is 10.0. The quantitative estimate of drug-likeness (QED) is 0.192. The number of benzene rings is 2. The molecule has 2 aromatic heterocycles. The first-order valence-corrected chi connectivity index (χ1v) is 15.8. The second-order valence-electron chi connectivity index (χ2n) is 11.6. The van der Waals surface area contributed by atoms with Crippen molar-refractivity contribution in [2.75, 3.05) is 52.4 Å². The molecule has 0 aliphatic carbocycles. The van der Waals surface area contributed by atoms with Crippen LogP contribution in [-0.2, 0) is 27.2 Å². The summed E-state index contributed by atoms with van der Waals surface area (Å²) >= 11 is 0. The lowest BCUT2D eigenvalue weighted by molar-refractivity contribution is -0.144. The average Bonchev–Trinajstić information content (AvgIpc) is 3.56. The summed E-state index contributed by atoms with van der Waals surface area (Å²) in [7, 11) is 0. The zero-order valence-corrected chi connectivity index (χ0v) is 26.8. The smallest absolute Gasteiger partial charge is 0.320 e. The minimum Gasteiger partial charge on any atom is -0.465 e. The van der Waals surface area contributed by atoms with E-state index >= 15 is 0 Å². The Bertz CT molecular complexity index is 1680. The van der Waals surface area contributed by atoms with Crippen LogP contribution in [0.2, 0.25) is 0 Å². The number of nitrogens with zero attached hydrogens (tertiary/aromatic N) is 3. The molecule has 0 saturated carbocycles. The number of hydrogen-bond acceptors (Lipinski definition) is 8. The Balaban J connectivity index is 1.07. The number of piperazine rings is 1. The summed E-state index contributed by atoms with van der Waals surface area (Å²) in [6.45, 7) is 8.84. The first-order chi connectivity index (χ1) is 22.7. The largest absolute Gasteiger partial charge is 0.465 e. The number of ketones is 1. The number of hydrogen-bond donors (Lipinski definition) is 2. The fraction of sp³-hybridized carbons (Fsp3) is 0.333. The van der Waals surface area contributed by atoms with E-state index in [4.69, 9.17) is 9.47 Å². The van der Waals surface area contributed by atoms with Gasteiger partial charge in [-0.05, 0) is 55.3 Å². The molecule has 0 radical (unpaired) electrons. The number of aromatic nitrogens is 2. The van der Waals surface area contributed by atoms with Crippen molar-refractivity contribution in [3.05, 3.63) is 101 Å². The van der Waals surface area contributed by atoms with Crippen LogP contribution in [0.25, 0.3) is 11.4 Å². The summed E-state index contributed by atoms with van der Waals surface area (Å²) < 4.78 is 25.1. The molecule has 3 heterocycles. The number of carbonyl (C=O) groups excluding carboxylic acids is 3. The SMILES string of the molecule is CCOC(=O)CN1CCN(CCNC(=O)c2c[nH]c(-c3cc(Oc4ccc(CC(=O)Cc5cc(C)ccc5F)cc4)ccn3)c2)CC1. The maximum Gasteiger partial charge on any atom is 0.320 e. The molecule has 0 spiro atoms. The van der Waals surface area contributed by atoms with Crippen LogP contribution >= 0.6 is 0 Å². The van der Waals surface area contributed by atoms with Crippen LogP contribution in [0.1, 0.15) is 34.0 Å². The van der Waals surface area contributed by atoms with Gasteiger partial charge in [0.05, 0.1) is 30.1 Å². The Morgan fingerprint density at radius 2 is 1.70 bits per heavy atom. The number of aromatic amines is 1. The maximum atomic E-state index is 14.1. The van der Waals surface area contributed by atoms with Gasteiger partial charge in [-0.1, -0.05) is 29.8 Å². The van der Waals surface area contributed by atoms with Gasteiger partial charge in [-0.3, -0.25) is 29.2 Å². The Labute approximate surface area is 273 Å². The van der Waals surface area contributed by atoms with Crippen LogP contribution in [0.15, 0.2) is 73.1 Å². The van der Waals surface area contributed by atoms with Gasteiger partial charge in [0.15, 0.2) is 0 Å². The number of nitrogens with one attached hydrogen (secondary N) is 2. The van der Waals surface area contributed by atoms with Crippen molar-refractivity contribution < 1.29 is 28.2 Å². The van der Waals surface area contributed by atoms with Gasteiger partial charge in [0, 0.05) is 70.6 Å². The number of carbonyl (C=O) groups is 3. The molecule has 5 rings (SSSR count). The zero-order chi connectivity index (χ0) is 33.2. The molecule has 0 bridgehead atoms. The molecular formula is C36H40FN5O5. The highest BCUT2D eigenvalue weighted by molar-refractivity contribution is 5.95. The molecule has 0 unspecified atom stereocenters. The minimum atomic E-state index is -0.366. The minimum absolute atomic E-state index is 0.0478. The molecule has 1 aliphatic heterocycles. The molecule has 4 aromatic rings. The highest BCUT2D eigenvalue weighted by atomic mass is 19.1. The number of esters is 1. The highest BCUT2D eigenvalue weighted by Gasteiger charge is 2.19. The first-order valence-electron chi connectivity index (χ1n) is 15.8. The predicted octanol–water partition coefficient (Wildman–Crippen LogP) is 4.58. The third-order valence-electron chi connectivity index (χ3n) is 7.94. The molecule has 0 atom stereocenters. The van der Waals surface area contributed by atoms with Crippen molar-refractivity contribution in [2.24, 2.45) is 0 Å². The molecule has 2 aromatic carbocycles. The van der Waals surface area contributed by atoms with E-state index in [2.05, 4.69) is 25.1 Å². The number of H-pyrrole nitrogens is 1. The third-order valence-corrected chi connectivity index (χ3v) is 7.94. The van der Waals surface area contributed by atoms with Crippen LogP contribution in [-0.4, -0.2) is 89.8 Å². The first kappa shape index (κ1) is 33.5. The summed E-state index contributed by atoms with van der Waals surface area (Å²) in [5.74, 6) is 0.355. The number of ether oxygens (including phenoxy) is 2. The lowest BCUT2D eigenvalue weighted by Crippen LogP contribution is -2.49. The van der Waals surface area contributed by atoms with E-state index < -0.39 is 0 Å². The van der Waals surface area contributed by atoms with E-state index in [0.717, 1.165) is 43.9 Å². The van der Waals surface area contributed by atoms with E-state index in [1.165, 1.54) is 6.07 Å². The molecule has 2 N–H and O–H groups in total. The van der Waals surface area contributed by atoms with Crippen LogP contribution < -0.4 is 10.1 Å². The Morgan fingerprint density at radius 3 is 2.47 bits per heavy atom. The molecule has 1 aliphatic rings.